The van der Waals surface area contributed by atoms with Gasteiger partial charge >= 0.3 is 0 Å². The van der Waals surface area contributed by atoms with Gasteiger partial charge in [-0.2, -0.15) is 5.10 Å². The van der Waals surface area contributed by atoms with Crippen molar-refractivity contribution >= 4 is 11.6 Å². The maximum Gasteiger partial charge on any atom is 0.0834 e. The van der Waals surface area contributed by atoms with Crippen molar-refractivity contribution in [3.8, 4) is 0 Å². The molecule has 108 valence electrons. The van der Waals surface area contributed by atoms with Crippen LogP contribution in [0.15, 0.2) is 6.20 Å². The summed E-state index contributed by atoms with van der Waals surface area (Å²) in [6.45, 7) is 6.27. The van der Waals surface area contributed by atoms with Crippen molar-refractivity contribution in [1.82, 2.24) is 15.1 Å². The van der Waals surface area contributed by atoms with E-state index in [9.17, 15) is 0 Å². The van der Waals surface area contributed by atoms with Gasteiger partial charge in [-0.15, -0.1) is 0 Å². The molecule has 1 aliphatic carbocycles. The topological polar surface area (TPSA) is 29.9 Å². The first-order chi connectivity index (χ1) is 9.26. The van der Waals surface area contributed by atoms with E-state index in [0.29, 0.717) is 6.04 Å². The highest BCUT2D eigenvalue weighted by Crippen LogP contribution is 2.35. The van der Waals surface area contributed by atoms with Gasteiger partial charge in [0.1, 0.15) is 0 Å². The first-order valence-electron chi connectivity index (χ1n) is 7.70. The Labute approximate surface area is 121 Å². The molecule has 1 heterocycles. The fourth-order valence-electron chi connectivity index (χ4n) is 3.23. The lowest BCUT2D eigenvalue weighted by Crippen LogP contribution is -2.26. The first kappa shape index (κ1) is 14.9. The van der Waals surface area contributed by atoms with E-state index >= 15 is 0 Å². The van der Waals surface area contributed by atoms with Gasteiger partial charge in [-0.25, -0.2) is 0 Å². The van der Waals surface area contributed by atoms with Gasteiger partial charge in [0.05, 0.1) is 23.0 Å². The average molecular weight is 284 g/mol. The van der Waals surface area contributed by atoms with Crippen LogP contribution in [0.25, 0.3) is 0 Å². The van der Waals surface area contributed by atoms with Gasteiger partial charge in [0, 0.05) is 6.54 Å². The van der Waals surface area contributed by atoms with Gasteiger partial charge < -0.3 is 5.32 Å². The molecule has 0 bridgehead atoms. The molecule has 1 saturated carbocycles. The molecule has 1 unspecified atom stereocenters. The fraction of sp³-hybridized carbons (Fsp3) is 0.800. The number of hydrogen-bond acceptors (Lipinski definition) is 2. The number of hydrogen-bond donors (Lipinski definition) is 1. The molecule has 1 N–H and O–H groups in total. The molecule has 1 fully saturated rings. The highest BCUT2D eigenvalue weighted by molar-refractivity contribution is 6.31. The summed E-state index contributed by atoms with van der Waals surface area (Å²) in [5.41, 5.74) is 1.19. The highest BCUT2D eigenvalue weighted by Gasteiger charge is 2.25. The van der Waals surface area contributed by atoms with E-state index < -0.39 is 0 Å². The quantitative estimate of drug-likeness (QED) is 0.814. The van der Waals surface area contributed by atoms with Crippen molar-refractivity contribution in [2.24, 2.45) is 5.92 Å². The third-order valence-corrected chi connectivity index (χ3v) is 4.38. The number of nitrogens with zero attached hydrogens (tertiary/aromatic N) is 2. The summed E-state index contributed by atoms with van der Waals surface area (Å²) in [5.74, 6) is 0.852. The summed E-state index contributed by atoms with van der Waals surface area (Å²) in [7, 11) is 0. The Bertz CT molecular complexity index is 383. The minimum absolute atomic E-state index is 0.356. The molecular formula is C15H26ClN3. The van der Waals surface area contributed by atoms with Crippen LogP contribution in [0.4, 0.5) is 0 Å². The molecule has 2 rings (SSSR count). The van der Waals surface area contributed by atoms with Gasteiger partial charge in [0.2, 0.25) is 0 Å². The normalized spacial score (nSPS) is 18.1. The summed E-state index contributed by atoms with van der Waals surface area (Å²) in [5, 5.41) is 8.85. The van der Waals surface area contributed by atoms with Crippen molar-refractivity contribution < 1.29 is 0 Å². The number of rotatable bonds is 7. The molecule has 3 nitrogen and oxygen atoms in total. The lowest BCUT2D eigenvalue weighted by Gasteiger charge is -2.23. The van der Waals surface area contributed by atoms with Crippen LogP contribution >= 0.6 is 11.6 Å². The van der Waals surface area contributed by atoms with Gasteiger partial charge in [0.25, 0.3) is 0 Å². The molecule has 1 aliphatic rings. The van der Waals surface area contributed by atoms with Crippen LogP contribution in [0.1, 0.15) is 64.1 Å². The molecular weight excluding hydrogens is 258 g/mol. The molecule has 1 atom stereocenters. The van der Waals surface area contributed by atoms with Crippen molar-refractivity contribution in [2.45, 2.75) is 65.0 Å². The van der Waals surface area contributed by atoms with Gasteiger partial charge in [0.15, 0.2) is 0 Å². The maximum absolute atomic E-state index is 6.37. The van der Waals surface area contributed by atoms with Crippen molar-refractivity contribution in [1.29, 1.82) is 0 Å². The third-order valence-electron chi connectivity index (χ3n) is 4.09. The molecule has 0 aliphatic heterocycles. The van der Waals surface area contributed by atoms with E-state index in [2.05, 4.69) is 28.9 Å². The van der Waals surface area contributed by atoms with Crippen LogP contribution in [0.5, 0.6) is 0 Å². The standard InChI is InChI=1S/C15H26ClN3/c1-3-9-19-15(13(16)11-18-19)14(17-4-2)10-12-7-5-6-8-12/h11-12,14,17H,3-10H2,1-2H3. The van der Waals surface area contributed by atoms with Crippen LogP contribution in [-0.2, 0) is 6.54 Å². The molecule has 0 amide bonds. The summed E-state index contributed by atoms with van der Waals surface area (Å²) in [6, 6.07) is 0.356. The largest absolute Gasteiger partial charge is 0.309 e. The molecule has 0 spiro atoms. The second-order valence-corrected chi connectivity index (χ2v) is 6.00. The van der Waals surface area contributed by atoms with Crippen LogP contribution in [0.2, 0.25) is 5.02 Å². The van der Waals surface area contributed by atoms with Gasteiger partial charge in [-0.1, -0.05) is 51.1 Å². The van der Waals surface area contributed by atoms with Crippen LogP contribution < -0.4 is 5.32 Å². The predicted molar refractivity (Wildman–Crippen MR) is 80.5 cm³/mol. The second-order valence-electron chi connectivity index (χ2n) is 5.60. The number of aromatic nitrogens is 2. The number of halogens is 1. The summed E-state index contributed by atoms with van der Waals surface area (Å²) in [6.07, 6.45) is 9.63. The fourth-order valence-corrected chi connectivity index (χ4v) is 3.50. The van der Waals surface area contributed by atoms with Crippen molar-refractivity contribution in [2.75, 3.05) is 6.54 Å². The predicted octanol–water partition coefficient (Wildman–Crippen LogP) is 4.18. The Kier molecular flexibility index (Phi) is 5.71. The smallest absolute Gasteiger partial charge is 0.0834 e. The Morgan fingerprint density at radius 2 is 2.16 bits per heavy atom. The zero-order chi connectivity index (χ0) is 13.7. The Morgan fingerprint density at radius 3 is 2.79 bits per heavy atom. The molecule has 0 radical (unpaired) electrons. The maximum atomic E-state index is 6.37. The van der Waals surface area contributed by atoms with E-state index in [1.54, 1.807) is 6.20 Å². The minimum atomic E-state index is 0.356. The van der Waals surface area contributed by atoms with Gasteiger partial charge in [-0.3, -0.25) is 4.68 Å². The average Bonchev–Trinajstić information content (AvgIpc) is 3.00. The lowest BCUT2D eigenvalue weighted by atomic mass is 9.96. The Hall–Kier alpha value is -0.540. The van der Waals surface area contributed by atoms with Crippen molar-refractivity contribution in [3.63, 3.8) is 0 Å². The summed E-state index contributed by atoms with van der Waals surface area (Å²) < 4.78 is 2.09. The Balaban J connectivity index is 2.14. The van der Waals surface area contributed by atoms with Crippen molar-refractivity contribution in [3.05, 3.63) is 16.9 Å². The van der Waals surface area contributed by atoms with E-state index in [-0.39, 0.29) is 0 Å². The second kappa shape index (κ2) is 7.30. The van der Waals surface area contributed by atoms with Crippen LogP contribution in [-0.4, -0.2) is 16.3 Å². The first-order valence-corrected chi connectivity index (χ1v) is 8.08. The summed E-state index contributed by atoms with van der Waals surface area (Å²) >= 11 is 6.37. The zero-order valence-corrected chi connectivity index (χ0v) is 12.9. The Morgan fingerprint density at radius 1 is 1.42 bits per heavy atom. The van der Waals surface area contributed by atoms with E-state index in [1.165, 1.54) is 37.8 Å². The van der Waals surface area contributed by atoms with E-state index in [4.69, 9.17) is 11.6 Å². The SMILES string of the molecule is CCCn1ncc(Cl)c1C(CC1CCCC1)NCC. The molecule has 4 heteroatoms. The van der Waals surface area contributed by atoms with E-state index in [0.717, 1.165) is 30.5 Å². The molecule has 0 aromatic carbocycles. The monoisotopic (exact) mass is 283 g/mol. The molecule has 0 saturated heterocycles. The summed E-state index contributed by atoms with van der Waals surface area (Å²) in [4.78, 5) is 0. The lowest BCUT2D eigenvalue weighted by molar-refractivity contribution is 0.378. The molecule has 19 heavy (non-hydrogen) atoms. The third kappa shape index (κ3) is 3.73. The van der Waals surface area contributed by atoms with Crippen LogP contribution in [0.3, 0.4) is 0 Å². The molecule has 1 aromatic heterocycles. The molecule has 1 aromatic rings. The van der Waals surface area contributed by atoms with E-state index in [1.807, 2.05) is 0 Å². The van der Waals surface area contributed by atoms with Gasteiger partial charge in [-0.05, 0) is 25.3 Å². The minimum Gasteiger partial charge on any atom is -0.309 e. The number of nitrogens with one attached hydrogen (secondary N) is 1. The zero-order valence-electron chi connectivity index (χ0n) is 12.2. The number of aryl methyl sites for hydroxylation is 1. The highest BCUT2D eigenvalue weighted by atomic mass is 35.5. The van der Waals surface area contributed by atoms with Crippen LogP contribution in [0, 0.1) is 5.92 Å².